The molecule has 0 nitrogen and oxygen atoms in total. The standard InChI is InChI=1S/C7H10F6/c1-4(6(8,9)10)5(2,3)7(11,12)13/h4H,1-3H3. The lowest BCUT2D eigenvalue weighted by molar-refractivity contribution is -0.283. The predicted octanol–water partition coefficient (Wildman–Crippen LogP) is 3.77. The smallest absolute Gasteiger partial charge is 0.171 e. The second-order valence-electron chi connectivity index (χ2n) is 3.48. The van der Waals surface area contributed by atoms with Crippen LogP contribution in [0.4, 0.5) is 26.3 Å². The van der Waals surface area contributed by atoms with E-state index in [1.165, 1.54) is 0 Å². The van der Waals surface area contributed by atoms with Crippen molar-refractivity contribution in [2.45, 2.75) is 33.1 Å². The van der Waals surface area contributed by atoms with Crippen LogP contribution >= 0.6 is 0 Å². The van der Waals surface area contributed by atoms with E-state index in [1.54, 1.807) is 0 Å². The highest BCUT2D eigenvalue weighted by atomic mass is 19.4. The summed E-state index contributed by atoms with van der Waals surface area (Å²) < 4.78 is 72.3. The number of alkyl halides is 6. The molecule has 0 aromatic rings. The fourth-order valence-electron chi connectivity index (χ4n) is 0.655. The third-order valence-corrected chi connectivity index (χ3v) is 2.30. The third kappa shape index (κ3) is 2.51. The van der Waals surface area contributed by atoms with Gasteiger partial charge in [-0.1, -0.05) is 20.8 Å². The van der Waals surface area contributed by atoms with Gasteiger partial charge in [0, 0.05) is 0 Å². The molecule has 13 heavy (non-hydrogen) atoms. The molecule has 0 N–H and O–H groups in total. The quantitative estimate of drug-likeness (QED) is 0.575. The molecule has 0 aliphatic heterocycles. The molecule has 1 unspecified atom stereocenters. The lowest BCUT2D eigenvalue weighted by Gasteiger charge is -2.34. The second-order valence-corrected chi connectivity index (χ2v) is 3.48. The van der Waals surface area contributed by atoms with Gasteiger partial charge in [0.15, 0.2) is 0 Å². The van der Waals surface area contributed by atoms with Crippen LogP contribution in [0.1, 0.15) is 20.8 Å². The van der Waals surface area contributed by atoms with Gasteiger partial charge in [-0.25, -0.2) is 0 Å². The molecule has 0 saturated carbocycles. The molecule has 0 spiro atoms. The van der Waals surface area contributed by atoms with E-state index in [1.807, 2.05) is 0 Å². The van der Waals surface area contributed by atoms with Crippen molar-refractivity contribution in [3.8, 4) is 0 Å². The maximum absolute atomic E-state index is 12.1. The second kappa shape index (κ2) is 3.06. The number of halogens is 6. The minimum absolute atomic E-state index is 0.535. The van der Waals surface area contributed by atoms with Crippen molar-refractivity contribution in [2.75, 3.05) is 0 Å². The van der Waals surface area contributed by atoms with E-state index in [2.05, 4.69) is 0 Å². The predicted molar refractivity (Wildman–Crippen MR) is 35.1 cm³/mol. The summed E-state index contributed by atoms with van der Waals surface area (Å²) in [7, 11) is 0. The molecule has 0 aromatic carbocycles. The molecule has 0 rings (SSSR count). The Morgan fingerprint density at radius 2 is 1.15 bits per heavy atom. The van der Waals surface area contributed by atoms with Crippen LogP contribution in [0.15, 0.2) is 0 Å². The van der Waals surface area contributed by atoms with E-state index >= 15 is 0 Å². The molecule has 0 bridgehead atoms. The first-order valence-electron chi connectivity index (χ1n) is 3.54. The minimum atomic E-state index is -4.85. The summed E-state index contributed by atoms with van der Waals surface area (Å²) in [5.74, 6) is -2.40. The van der Waals surface area contributed by atoms with Crippen LogP contribution in [0.25, 0.3) is 0 Å². The molecular weight excluding hydrogens is 198 g/mol. The van der Waals surface area contributed by atoms with Gasteiger partial charge >= 0.3 is 12.4 Å². The Labute approximate surface area is 71.9 Å². The topological polar surface area (TPSA) is 0 Å². The van der Waals surface area contributed by atoms with Crippen LogP contribution in [0, 0.1) is 11.3 Å². The van der Waals surface area contributed by atoms with Gasteiger partial charge in [0.05, 0.1) is 11.3 Å². The Morgan fingerprint density at radius 3 is 1.23 bits per heavy atom. The zero-order chi connectivity index (χ0) is 11.1. The number of hydrogen-bond donors (Lipinski definition) is 0. The number of hydrogen-bond acceptors (Lipinski definition) is 0. The molecule has 0 radical (unpaired) electrons. The van der Waals surface area contributed by atoms with Crippen molar-refractivity contribution in [2.24, 2.45) is 11.3 Å². The molecule has 0 amide bonds. The zero-order valence-electron chi connectivity index (χ0n) is 7.35. The van der Waals surface area contributed by atoms with Gasteiger partial charge in [0.25, 0.3) is 0 Å². The Morgan fingerprint density at radius 1 is 0.846 bits per heavy atom. The van der Waals surface area contributed by atoms with Crippen molar-refractivity contribution >= 4 is 0 Å². The van der Waals surface area contributed by atoms with E-state index in [-0.39, 0.29) is 0 Å². The monoisotopic (exact) mass is 208 g/mol. The molecule has 0 saturated heterocycles. The van der Waals surface area contributed by atoms with Gasteiger partial charge < -0.3 is 0 Å². The fraction of sp³-hybridized carbons (Fsp3) is 1.00. The molecule has 0 aliphatic rings. The van der Waals surface area contributed by atoms with Gasteiger partial charge in [-0.3, -0.25) is 0 Å². The van der Waals surface area contributed by atoms with Gasteiger partial charge in [0.1, 0.15) is 0 Å². The largest absolute Gasteiger partial charge is 0.394 e. The van der Waals surface area contributed by atoms with E-state index in [9.17, 15) is 26.3 Å². The van der Waals surface area contributed by atoms with Gasteiger partial charge in [-0.2, -0.15) is 26.3 Å². The van der Waals surface area contributed by atoms with Crippen LogP contribution in [0.5, 0.6) is 0 Å². The average molecular weight is 208 g/mol. The van der Waals surface area contributed by atoms with Crippen molar-refractivity contribution in [3.05, 3.63) is 0 Å². The summed E-state index contributed by atoms with van der Waals surface area (Å²) in [6.07, 6.45) is -9.67. The molecule has 6 heteroatoms. The minimum Gasteiger partial charge on any atom is -0.171 e. The van der Waals surface area contributed by atoms with Crippen molar-refractivity contribution in [3.63, 3.8) is 0 Å². The molecule has 0 aromatic heterocycles. The molecule has 0 aliphatic carbocycles. The van der Waals surface area contributed by atoms with Crippen molar-refractivity contribution in [1.29, 1.82) is 0 Å². The summed E-state index contributed by atoms with van der Waals surface area (Å²) in [4.78, 5) is 0. The summed E-state index contributed by atoms with van der Waals surface area (Å²) in [6, 6.07) is 0. The lowest BCUT2D eigenvalue weighted by Crippen LogP contribution is -2.44. The maximum atomic E-state index is 12.1. The van der Waals surface area contributed by atoms with Crippen LogP contribution < -0.4 is 0 Å². The van der Waals surface area contributed by atoms with Gasteiger partial charge in [0.2, 0.25) is 0 Å². The Kier molecular flexibility index (Phi) is 2.96. The molecule has 0 fully saturated rings. The summed E-state index contributed by atoms with van der Waals surface area (Å²) in [6.45, 7) is 1.63. The third-order valence-electron chi connectivity index (χ3n) is 2.30. The van der Waals surface area contributed by atoms with Gasteiger partial charge in [-0.15, -0.1) is 0 Å². The summed E-state index contributed by atoms with van der Waals surface area (Å²) in [5, 5.41) is 0. The highest BCUT2D eigenvalue weighted by Gasteiger charge is 2.58. The Hall–Kier alpha value is -0.420. The molecule has 0 heterocycles. The Balaban J connectivity index is 4.86. The number of rotatable bonds is 1. The summed E-state index contributed by atoms with van der Waals surface area (Å²) in [5.41, 5.74) is -2.74. The SMILES string of the molecule is CC(C(F)(F)F)C(C)(C)C(F)(F)F. The van der Waals surface area contributed by atoms with Crippen LogP contribution in [-0.4, -0.2) is 12.4 Å². The fourth-order valence-corrected chi connectivity index (χ4v) is 0.655. The summed E-state index contributed by atoms with van der Waals surface area (Å²) >= 11 is 0. The first-order valence-corrected chi connectivity index (χ1v) is 3.54. The van der Waals surface area contributed by atoms with Crippen LogP contribution in [-0.2, 0) is 0 Å². The van der Waals surface area contributed by atoms with Crippen molar-refractivity contribution in [1.82, 2.24) is 0 Å². The van der Waals surface area contributed by atoms with E-state index < -0.39 is 23.7 Å². The normalized spacial score (nSPS) is 17.3. The van der Waals surface area contributed by atoms with E-state index in [0.29, 0.717) is 20.8 Å². The molecule has 80 valence electrons. The van der Waals surface area contributed by atoms with E-state index in [0.717, 1.165) is 0 Å². The maximum Gasteiger partial charge on any atom is 0.394 e. The van der Waals surface area contributed by atoms with E-state index in [4.69, 9.17) is 0 Å². The first-order chi connectivity index (χ1) is 5.40. The van der Waals surface area contributed by atoms with Crippen molar-refractivity contribution < 1.29 is 26.3 Å². The molecular formula is C7H10F6. The highest BCUT2D eigenvalue weighted by Crippen LogP contribution is 2.49. The van der Waals surface area contributed by atoms with Gasteiger partial charge in [-0.05, 0) is 0 Å². The van der Waals surface area contributed by atoms with Crippen LogP contribution in [0.2, 0.25) is 0 Å². The zero-order valence-corrected chi connectivity index (χ0v) is 7.35. The highest BCUT2D eigenvalue weighted by molar-refractivity contribution is 4.86. The first kappa shape index (κ1) is 12.6. The lowest BCUT2D eigenvalue weighted by atomic mass is 9.79. The average Bonchev–Trinajstić information content (AvgIpc) is 1.81. The van der Waals surface area contributed by atoms with Crippen LogP contribution in [0.3, 0.4) is 0 Å². The Bertz CT molecular complexity index is 174. The molecule has 1 atom stereocenters.